The van der Waals surface area contributed by atoms with Crippen LogP contribution in [-0.4, -0.2) is 37.4 Å². The van der Waals surface area contributed by atoms with E-state index in [4.69, 9.17) is 0 Å². The summed E-state index contributed by atoms with van der Waals surface area (Å²) in [6, 6.07) is 6.38. The molecule has 1 aromatic carbocycles. The first-order valence-corrected chi connectivity index (χ1v) is 7.63. The number of aromatic nitrogens is 4. The SMILES string of the molecule is Cc1ccnc2nc(C(=O)N(C)Cc3cc(Br)ccc3F)nn12. The van der Waals surface area contributed by atoms with Crippen LogP contribution in [0.25, 0.3) is 5.78 Å². The summed E-state index contributed by atoms with van der Waals surface area (Å²) < 4.78 is 16.1. The van der Waals surface area contributed by atoms with Crippen LogP contribution in [0.4, 0.5) is 4.39 Å². The Balaban J connectivity index is 1.86. The number of aryl methyl sites for hydroxylation is 1. The van der Waals surface area contributed by atoms with Crippen molar-refractivity contribution in [1.29, 1.82) is 0 Å². The smallest absolute Gasteiger partial charge is 0.293 e. The standard InChI is InChI=1S/C15H13BrFN5O/c1-9-5-6-18-15-19-13(20-22(9)15)14(23)21(2)8-10-7-11(16)3-4-12(10)17/h3-7H,8H2,1-2H3. The Bertz CT molecular complexity index is 895. The van der Waals surface area contributed by atoms with Gasteiger partial charge in [0.05, 0.1) is 0 Å². The van der Waals surface area contributed by atoms with E-state index in [0.717, 1.165) is 10.2 Å². The van der Waals surface area contributed by atoms with Crippen LogP contribution in [0.1, 0.15) is 21.9 Å². The Morgan fingerprint density at radius 2 is 2.17 bits per heavy atom. The highest BCUT2D eigenvalue weighted by Crippen LogP contribution is 2.17. The third-order valence-electron chi connectivity index (χ3n) is 3.38. The second kappa shape index (κ2) is 6.04. The fourth-order valence-electron chi connectivity index (χ4n) is 2.16. The molecule has 3 aromatic rings. The van der Waals surface area contributed by atoms with Crippen LogP contribution in [0.5, 0.6) is 0 Å². The van der Waals surface area contributed by atoms with Gasteiger partial charge in [-0.25, -0.2) is 13.9 Å². The zero-order valence-corrected chi connectivity index (χ0v) is 14.1. The number of carbonyl (C=O) groups excluding carboxylic acids is 1. The third kappa shape index (κ3) is 3.07. The predicted octanol–water partition coefficient (Wildman–Crippen LogP) is 2.61. The van der Waals surface area contributed by atoms with Crippen molar-refractivity contribution in [3.05, 3.63) is 57.8 Å². The van der Waals surface area contributed by atoms with Gasteiger partial charge in [0.25, 0.3) is 11.7 Å². The van der Waals surface area contributed by atoms with Crippen LogP contribution in [0.2, 0.25) is 0 Å². The molecular formula is C15H13BrFN5O. The summed E-state index contributed by atoms with van der Waals surface area (Å²) in [4.78, 5) is 22.0. The molecule has 0 spiro atoms. The molecule has 0 fully saturated rings. The lowest BCUT2D eigenvalue weighted by Crippen LogP contribution is -2.27. The molecule has 118 valence electrons. The molecule has 23 heavy (non-hydrogen) atoms. The van der Waals surface area contributed by atoms with Gasteiger partial charge in [-0.2, -0.15) is 4.98 Å². The van der Waals surface area contributed by atoms with Crippen molar-refractivity contribution in [3.63, 3.8) is 0 Å². The lowest BCUT2D eigenvalue weighted by molar-refractivity contribution is 0.0772. The third-order valence-corrected chi connectivity index (χ3v) is 3.88. The van der Waals surface area contributed by atoms with Gasteiger partial charge in [-0.15, -0.1) is 5.10 Å². The number of rotatable bonds is 3. The van der Waals surface area contributed by atoms with E-state index in [2.05, 4.69) is 31.0 Å². The van der Waals surface area contributed by atoms with Gasteiger partial charge in [0.15, 0.2) is 0 Å². The van der Waals surface area contributed by atoms with E-state index in [1.807, 2.05) is 6.92 Å². The number of halogens is 2. The summed E-state index contributed by atoms with van der Waals surface area (Å²) in [6.45, 7) is 1.96. The van der Waals surface area contributed by atoms with Crippen LogP contribution >= 0.6 is 15.9 Å². The lowest BCUT2D eigenvalue weighted by Gasteiger charge is -2.16. The Kier molecular flexibility index (Phi) is 4.08. The summed E-state index contributed by atoms with van der Waals surface area (Å²) in [5, 5.41) is 4.16. The van der Waals surface area contributed by atoms with Crippen LogP contribution in [0.3, 0.4) is 0 Å². The summed E-state index contributed by atoms with van der Waals surface area (Å²) in [6.07, 6.45) is 1.61. The molecule has 0 unspecified atom stereocenters. The number of carbonyl (C=O) groups is 1. The Labute approximate surface area is 140 Å². The minimum absolute atomic E-state index is 0.0321. The monoisotopic (exact) mass is 377 g/mol. The van der Waals surface area contributed by atoms with E-state index >= 15 is 0 Å². The van der Waals surface area contributed by atoms with E-state index in [1.165, 1.54) is 15.5 Å². The Morgan fingerprint density at radius 1 is 1.39 bits per heavy atom. The number of hydrogen-bond acceptors (Lipinski definition) is 4. The molecule has 8 heteroatoms. The van der Waals surface area contributed by atoms with Crippen molar-refractivity contribution < 1.29 is 9.18 Å². The molecule has 2 aromatic heterocycles. The summed E-state index contributed by atoms with van der Waals surface area (Å²) in [5.74, 6) is -0.373. The van der Waals surface area contributed by atoms with Crippen molar-refractivity contribution in [2.75, 3.05) is 7.05 Å². The lowest BCUT2D eigenvalue weighted by atomic mass is 10.2. The van der Waals surface area contributed by atoms with E-state index in [0.29, 0.717) is 11.3 Å². The molecule has 3 rings (SSSR count). The molecule has 0 bridgehead atoms. The van der Waals surface area contributed by atoms with E-state index < -0.39 is 5.91 Å². The molecule has 0 aliphatic carbocycles. The maximum atomic E-state index is 13.8. The molecule has 0 aliphatic rings. The number of benzene rings is 1. The van der Waals surface area contributed by atoms with Crippen LogP contribution < -0.4 is 0 Å². The second-order valence-corrected chi connectivity index (χ2v) is 6.05. The normalized spacial score (nSPS) is 11.0. The largest absolute Gasteiger partial charge is 0.334 e. The topological polar surface area (TPSA) is 63.4 Å². The molecule has 6 nitrogen and oxygen atoms in total. The van der Waals surface area contributed by atoms with E-state index in [1.54, 1.807) is 31.4 Å². The predicted molar refractivity (Wildman–Crippen MR) is 85.4 cm³/mol. The molecule has 0 radical (unpaired) electrons. The van der Waals surface area contributed by atoms with Crippen LogP contribution in [0, 0.1) is 12.7 Å². The minimum atomic E-state index is -0.394. The van der Waals surface area contributed by atoms with Crippen molar-refractivity contribution >= 4 is 27.6 Å². The summed E-state index contributed by atoms with van der Waals surface area (Å²) in [7, 11) is 1.58. The maximum absolute atomic E-state index is 13.8. The van der Waals surface area contributed by atoms with Crippen molar-refractivity contribution in [3.8, 4) is 0 Å². The van der Waals surface area contributed by atoms with Crippen LogP contribution in [0.15, 0.2) is 34.9 Å². The first-order chi connectivity index (χ1) is 11.0. The van der Waals surface area contributed by atoms with Gasteiger partial charge in [0.1, 0.15) is 5.82 Å². The molecule has 0 atom stereocenters. The fraction of sp³-hybridized carbons (Fsp3) is 0.200. The number of fused-ring (bicyclic) bond motifs is 1. The molecule has 0 saturated heterocycles. The molecule has 2 heterocycles. The van der Waals surface area contributed by atoms with Gasteiger partial charge in [-0.05, 0) is 31.2 Å². The summed E-state index contributed by atoms with van der Waals surface area (Å²) in [5.41, 5.74) is 1.23. The fourth-order valence-corrected chi connectivity index (χ4v) is 2.57. The number of amides is 1. The van der Waals surface area contributed by atoms with E-state index in [-0.39, 0.29) is 18.2 Å². The number of hydrogen-bond donors (Lipinski definition) is 0. The maximum Gasteiger partial charge on any atom is 0.293 e. The van der Waals surface area contributed by atoms with Gasteiger partial charge >= 0.3 is 0 Å². The van der Waals surface area contributed by atoms with Gasteiger partial charge in [0.2, 0.25) is 5.82 Å². The van der Waals surface area contributed by atoms with Crippen molar-refractivity contribution in [1.82, 2.24) is 24.5 Å². The highest BCUT2D eigenvalue weighted by molar-refractivity contribution is 9.10. The molecule has 0 N–H and O–H groups in total. The first kappa shape index (κ1) is 15.5. The van der Waals surface area contributed by atoms with Gasteiger partial charge in [0, 0.05) is 35.5 Å². The van der Waals surface area contributed by atoms with Gasteiger partial charge < -0.3 is 4.90 Å². The Hall–Kier alpha value is -2.35. The average Bonchev–Trinajstić information content (AvgIpc) is 2.95. The van der Waals surface area contributed by atoms with E-state index in [9.17, 15) is 9.18 Å². The first-order valence-electron chi connectivity index (χ1n) is 6.83. The van der Waals surface area contributed by atoms with Gasteiger partial charge in [-0.1, -0.05) is 15.9 Å². The van der Waals surface area contributed by atoms with Crippen molar-refractivity contribution in [2.24, 2.45) is 0 Å². The summed E-state index contributed by atoms with van der Waals surface area (Å²) >= 11 is 3.29. The number of nitrogens with zero attached hydrogens (tertiary/aromatic N) is 5. The highest BCUT2D eigenvalue weighted by Gasteiger charge is 2.19. The zero-order valence-electron chi connectivity index (χ0n) is 12.5. The quantitative estimate of drug-likeness (QED) is 0.703. The van der Waals surface area contributed by atoms with Gasteiger partial charge in [-0.3, -0.25) is 4.79 Å². The second-order valence-electron chi connectivity index (χ2n) is 5.13. The molecule has 0 saturated carbocycles. The average molecular weight is 378 g/mol. The molecular weight excluding hydrogens is 365 g/mol. The Morgan fingerprint density at radius 3 is 2.91 bits per heavy atom. The molecule has 0 aliphatic heterocycles. The highest BCUT2D eigenvalue weighted by atomic mass is 79.9. The van der Waals surface area contributed by atoms with Crippen LogP contribution in [-0.2, 0) is 6.54 Å². The molecule has 1 amide bonds. The zero-order chi connectivity index (χ0) is 16.6. The van der Waals surface area contributed by atoms with Crippen molar-refractivity contribution in [2.45, 2.75) is 13.5 Å². The minimum Gasteiger partial charge on any atom is -0.334 e.